The minimum absolute atomic E-state index is 1.07. The molecule has 0 bridgehead atoms. The van der Waals surface area contributed by atoms with Crippen LogP contribution in [0.5, 0.6) is 0 Å². The average molecular weight is 223 g/mol. The maximum atomic E-state index is 3.94. The van der Waals surface area contributed by atoms with Crippen LogP contribution in [0, 0.1) is 0 Å². The van der Waals surface area contributed by atoms with Gasteiger partial charge in [0, 0.05) is 0 Å². The number of hydrogen-bond acceptors (Lipinski definition) is 1. The largest absolute Gasteiger partial charge is 0.317 e. The molecule has 1 heteroatoms. The molecule has 0 aromatic rings. The zero-order valence-corrected chi connectivity index (χ0v) is 11.8. The van der Waals surface area contributed by atoms with Gasteiger partial charge in [-0.1, -0.05) is 30.7 Å². The van der Waals surface area contributed by atoms with Crippen LogP contribution in [-0.4, -0.2) is 13.1 Å². The van der Waals surface area contributed by atoms with Crippen molar-refractivity contribution in [3.8, 4) is 0 Å². The molecule has 0 aromatic heterocycles. The van der Waals surface area contributed by atoms with E-state index in [1.54, 1.807) is 0 Å². The van der Waals surface area contributed by atoms with E-state index < -0.39 is 0 Å². The van der Waals surface area contributed by atoms with Gasteiger partial charge in [0.25, 0.3) is 0 Å². The van der Waals surface area contributed by atoms with E-state index in [9.17, 15) is 0 Å². The summed E-state index contributed by atoms with van der Waals surface area (Å²) in [5, 5.41) is 3.31. The fraction of sp³-hybridized carbons (Fsp3) is 0.600. The lowest BCUT2D eigenvalue weighted by Crippen LogP contribution is -2.13. The first kappa shape index (κ1) is 17.6. The van der Waals surface area contributed by atoms with Gasteiger partial charge in [-0.3, -0.25) is 0 Å². The van der Waals surface area contributed by atoms with Gasteiger partial charge < -0.3 is 5.32 Å². The highest BCUT2D eigenvalue weighted by Gasteiger charge is 1.95. The van der Waals surface area contributed by atoms with Gasteiger partial charge >= 0.3 is 0 Å². The van der Waals surface area contributed by atoms with Gasteiger partial charge in [0.15, 0.2) is 0 Å². The van der Waals surface area contributed by atoms with Crippen LogP contribution in [0.15, 0.2) is 36.0 Å². The minimum Gasteiger partial charge on any atom is -0.317 e. The van der Waals surface area contributed by atoms with Crippen molar-refractivity contribution in [2.75, 3.05) is 13.1 Å². The molecule has 0 unspecified atom stereocenters. The molecule has 1 N–H and O–H groups in total. The molecule has 0 amide bonds. The second-order valence-electron chi connectivity index (χ2n) is 4.26. The molecule has 1 nitrogen and oxygen atoms in total. The van der Waals surface area contributed by atoms with Crippen molar-refractivity contribution in [3.63, 3.8) is 0 Å². The van der Waals surface area contributed by atoms with E-state index in [0.717, 1.165) is 19.5 Å². The third-order valence-electron chi connectivity index (χ3n) is 1.95. The molecule has 94 valence electrons. The fourth-order valence-electron chi connectivity index (χ4n) is 1.18. The fourth-order valence-corrected chi connectivity index (χ4v) is 1.18. The highest BCUT2D eigenvalue weighted by Crippen LogP contribution is 2.12. The quantitative estimate of drug-likeness (QED) is 0.398. The van der Waals surface area contributed by atoms with Crippen LogP contribution in [-0.2, 0) is 0 Å². The summed E-state index contributed by atoms with van der Waals surface area (Å²) >= 11 is 0. The third kappa shape index (κ3) is 15.6. The van der Waals surface area contributed by atoms with Crippen LogP contribution in [0.2, 0.25) is 0 Å². The van der Waals surface area contributed by atoms with Gasteiger partial charge in [0.2, 0.25) is 0 Å². The smallest absolute Gasteiger partial charge is 0.00459 e. The number of allylic oxidation sites excluding steroid dienone is 4. The van der Waals surface area contributed by atoms with E-state index in [2.05, 4.69) is 45.3 Å². The first-order valence-electron chi connectivity index (χ1n) is 6.09. The van der Waals surface area contributed by atoms with E-state index in [0.29, 0.717) is 0 Å². The van der Waals surface area contributed by atoms with Crippen LogP contribution in [0.4, 0.5) is 0 Å². The molecule has 0 aliphatic carbocycles. The molecular formula is C15H29N. The molecule has 0 aromatic carbocycles. The second-order valence-corrected chi connectivity index (χ2v) is 4.26. The number of rotatable bonds is 6. The summed E-state index contributed by atoms with van der Waals surface area (Å²) in [4.78, 5) is 0. The van der Waals surface area contributed by atoms with Gasteiger partial charge in [0.1, 0.15) is 0 Å². The molecule has 0 heterocycles. The molecule has 0 radical (unpaired) electrons. The van der Waals surface area contributed by atoms with Gasteiger partial charge in [0.05, 0.1) is 0 Å². The monoisotopic (exact) mass is 223 g/mol. The predicted octanol–water partition coefficient (Wildman–Crippen LogP) is 4.48. The van der Waals surface area contributed by atoms with E-state index >= 15 is 0 Å². The topological polar surface area (TPSA) is 12.0 Å². The average Bonchev–Trinajstić information content (AvgIpc) is 2.16. The summed E-state index contributed by atoms with van der Waals surface area (Å²) in [5.74, 6) is 0. The lowest BCUT2D eigenvalue weighted by molar-refractivity contribution is 0.672. The van der Waals surface area contributed by atoms with Crippen molar-refractivity contribution >= 4 is 0 Å². The lowest BCUT2D eigenvalue weighted by Gasteiger charge is -2.06. The molecular weight excluding hydrogens is 194 g/mol. The summed E-state index contributed by atoms with van der Waals surface area (Å²) in [7, 11) is 0. The Labute approximate surface area is 102 Å². The molecule has 0 saturated heterocycles. The maximum absolute atomic E-state index is 3.94. The van der Waals surface area contributed by atoms with E-state index in [4.69, 9.17) is 0 Å². The lowest BCUT2D eigenvalue weighted by atomic mass is 10.0. The summed E-state index contributed by atoms with van der Waals surface area (Å²) in [6.07, 6.45) is 4.52. The van der Waals surface area contributed by atoms with Gasteiger partial charge in [-0.05, 0) is 59.2 Å². The van der Waals surface area contributed by atoms with Gasteiger partial charge in [-0.2, -0.15) is 0 Å². The Bertz CT molecular complexity index is 220. The van der Waals surface area contributed by atoms with Gasteiger partial charge in [-0.15, -0.1) is 6.58 Å². The zero-order chi connectivity index (χ0) is 13.0. The van der Waals surface area contributed by atoms with Crippen molar-refractivity contribution in [3.05, 3.63) is 36.0 Å². The van der Waals surface area contributed by atoms with Crippen molar-refractivity contribution in [2.45, 2.75) is 47.5 Å². The first-order valence-corrected chi connectivity index (χ1v) is 6.09. The van der Waals surface area contributed by atoms with Crippen molar-refractivity contribution in [2.24, 2.45) is 0 Å². The molecule has 0 spiro atoms. The van der Waals surface area contributed by atoms with Gasteiger partial charge in [-0.25, -0.2) is 0 Å². The van der Waals surface area contributed by atoms with E-state index in [1.807, 2.05) is 13.8 Å². The standard InChI is InChI=1S/C11H21N.C4H8/c1-5-11(10(3)4)8-7-9-12-6-2;1-4(2)3/h5,12H,3,6-9H2,1-2,4H3;1H2,2-3H3/b11-5-;. The van der Waals surface area contributed by atoms with E-state index in [-0.39, 0.29) is 0 Å². The molecule has 0 rings (SSSR count). The van der Waals surface area contributed by atoms with Crippen LogP contribution in [0.3, 0.4) is 0 Å². The molecule has 0 fully saturated rings. The Morgan fingerprint density at radius 1 is 1.19 bits per heavy atom. The third-order valence-corrected chi connectivity index (χ3v) is 1.95. The molecule has 0 aliphatic rings. The Morgan fingerprint density at radius 2 is 1.69 bits per heavy atom. The summed E-state index contributed by atoms with van der Waals surface area (Å²) in [5.41, 5.74) is 3.77. The minimum atomic E-state index is 1.07. The summed E-state index contributed by atoms with van der Waals surface area (Å²) in [6, 6.07) is 0. The highest BCUT2D eigenvalue weighted by atomic mass is 14.8. The number of hydrogen-bond donors (Lipinski definition) is 1. The second kappa shape index (κ2) is 12.3. The van der Waals surface area contributed by atoms with Crippen LogP contribution >= 0.6 is 0 Å². The Kier molecular flexibility index (Phi) is 13.5. The number of nitrogens with one attached hydrogen (secondary N) is 1. The molecule has 0 saturated carbocycles. The highest BCUT2D eigenvalue weighted by molar-refractivity contribution is 5.25. The molecule has 16 heavy (non-hydrogen) atoms. The van der Waals surface area contributed by atoms with Crippen LogP contribution < -0.4 is 5.32 Å². The van der Waals surface area contributed by atoms with Crippen molar-refractivity contribution in [1.29, 1.82) is 0 Å². The SMILES string of the molecule is C=C(C)/C(=C\C)CCCNCC.C=C(C)C. The van der Waals surface area contributed by atoms with Crippen LogP contribution in [0.25, 0.3) is 0 Å². The molecule has 0 aliphatic heterocycles. The summed E-state index contributed by atoms with van der Waals surface area (Å²) < 4.78 is 0. The zero-order valence-electron chi connectivity index (χ0n) is 11.8. The predicted molar refractivity (Wildman–Crippen MR) is 76.8 cm³/mol. The normalized spacial score (nSPS) is 10.4. The Hall–Kier alpha value is -0.820. The van der Waals surface area contributed by atoms with Crippen LogP contribution in [0.1, 0.15) is 47.5 Å². The summed E-state index contributed by atoms with van der Waals surface area (Å²) in [6.45, 7) is 19.9. The Balaban J connectivity index is 0. The maximum Gasteiger partial charge on any atom is -0.00459 e. The first-order chi connectivity index (χ1) is 7.45. The van der Waals surface area contributed by atoms with Crippen molar-refractivity contribution < 1.29 is 0 Å². The molecule has 0 atom stereocenters. The van der Waals surface area contributed by atoms with Crippen molar-refractivity contribution in [1.82, 2.24) is 5.32 Å². The Morgan fingerprint density at radius 3 is 2.00 bits per heavy atom. The van der Waals surface area contributed by atoms with E-state index in [1.165, 1.54) is 23.1 Å².